The summed E-state index contributed by atoms with van der Waals surface area (Å²) in [7, 11) is 0. The third-order valence-electron chi connectivity index (χ3n) is 2.35. The van der Waals surface area contributed by atoms with Gasteiger partial charge in [0, 0.05) is 11.7 Å². The standard InChI is InChI=1S/C13H17N3O/c1-3-4-9-15-10(2)11-5-7-12(8-6-11)16-13(14)17/h5-8,10,15H,9H2,1-2H3,(H3,14,16,17). The lowest BCUT2D eigenvalue weighted by Crippen LogP contribution is -2.20. The van der Waals surface area contributed by atoms with Gasteiger partial charge < -0.3 is 11.1 Å². The summed E-state index contributed by atoms with van der Waals surface area (Å²) in [5.74, 6) is 5.78. The number of amides is 2. The number of nitrogens with two attached hydrogens (primary N) is 1. The van der Waals surface area contributed by atoms with Crippen molar-refractivity contribution in [1.82, 2.24) is 5.32 Å². The maximum atomic E-state index is 10.6. The third kappa shape index (κ3) is 4.58. The second-order valence-electron chi connectivity index (χ2n) is 3.64. The summed E-state index contributed by atoms with van der Waals surface area (Å²) >= 11 is 0. The molecule has 4 N–H and O–H groups in total. The van der Waals surface area contributed by atoms with Crippen molar-refractivity contribution in [2.75, 3.05) is 11.9 Å². The van der Waals surface area contributed by atoms with Gasteiger partial charge in [0.1, 0.15) is 0 Å². The van der Waals surface area contributed by atoms with Crippen LogP contribution in [0.1, 0.15) is 25.5 Å². The summed E-state index contributed by atoms with van der Waals surface area (Å²) in [5.41, 5.74) is 6.86. The van der Waals surface area contributed by atoms with E-state index >= 15 is 0 Å². The van der Waals surface area contributed by atoms with E-state index in [9.17, 15) is 4.79 Å². The van der Waals surface area contributed by atoms with Crippen LogP contribution in [0.3, 0.4) is 0 Å². The van der Waals surface area contributed by atoms with Crippen molar-refractivity contribution in [2.45, 2.75) is 19.9 Å². The van der Waals surface area contributed by atoms with Gasteiger partial charge in [0.2, 0.25) is 0 Å². The van der Waals surface area contributed by atoms with Crippen LogP contribution in [-0.4, -0.2) is 12.6 Å². The number of benzene rings is 1. The Morgan fingerprint density at radius 1 is 1.41 bits per heavy atom. The minimum atomic E-state index is -0.554. The van der Waals surface area contributed by atoms with Gasteiger partial charge in [0.15, 0.2) is 0 Å². The lowest BCUT2D eigenvalue weighted by atomic mass is 10.1. The van der Waals surface area contributed by atoms with Crippen LogP contribution in [0.25, 0.3) is 0 Å². The minimum Gasteiger partial charge on any atom is -0.351 e. The van der Waals surface area contributed by atoms with Gasteiger partial charge in [-0.25, -0.2) is 4.79 Å². The predicted molar refractivity (Wildman–Crippen MR) is 69.5 cm³/mol. The largest absolute Gasteiger partial charge is 0.351 e. The zero-order valence-corrected chi connectivity index (χ0v) is 10.1. The normalized spacial score (nSPS) is 11.2. The zero-order chi connectivity index (χ0) is 12.7. The molecular formula is C13H17N3O. The van der Waals surface area contributed by atoms with Crippen molar-refractivity contribution in [3.8, 4) is 11.8 Å². The number of carbonyl (C=O) groups excluding carboxylic acids is 1. The fraction of sp³-hybridized carbons (Fsp3) is 0.308. The van der Waals surface area contributed by atoms with Gasteiger partial charge in [-0.05, 0) is 31.5 Å². The molecule has 0 aliphatic heterocycles. The molecule has 0 aromatic heterocycles. The average Bonchev–Trinajstić information content (AvgIpc) is 2.29. The predicted octanol–water partition coefficient (Wildman–Crippen LogP) is 1.85. The molecule has 0 bridgehead atoms. The summed E-state index contributed by atoms with van der Waals surface area (Å²) in [5, 5.41) is 5.79. The van der Waals surface area contributed by atoms with Crippen LogP contribution in [-0.2, 0) is 0 Å². The fourth-order valence-electron chi connectivity index (χ4n) is 1.41. The number of hydrogen-bond donors (Lipinski definition) is 3. The minimum absolute atomic E-state index is 0.221. The number of hydrogen-bond acceptors (Lipinski definition) is 2. The first kappa shape index (κ1) is 13.1. The molecule has 90 valence electrons. The highest BCUT2D eigenvalue weighted by Gasteiger charge is 2.03. The molecule has 1 atom stereocenters. The Morgan fingerprint density at radius 2 is 2.06 bits per heavy atom. The van der Waals surface area contributed by atoms with E-state index in [0.29, 0.717) is 12.2 Å². The molecule has 4 nitrogen and oxygen atoms in total. The van der Waals surface area contributed by atoms with Crippen LogP contribution in [0.4, 0.5) is 10.5 Å². The molecule has 1 unspecified atom stereocenters. The van der Waals surface area contributed by atoms with Gasteiger partial charge in [-0.2, -0.15) is 0 Å². The quantitative estimate of drug-likeness (QED) is 0.692. The second kappa shape index (κ2) is 6.56. The number of urea groups is 1. The Bertz CT molecular complexity index is 428. The molecule has 2 amide bonds. The van der Waals surface area contributed by atoms with Crippen LogP contribution < -0.4 is 16.4 Å². The van der Waals surface area contributed by atoms with Crippen molar-refractivity contribution < 1.29 is 4.79 Å². The number of anilines is 1. The second-order valence-corrected chi connectivity index (χ2v) is 3.64. The molecule has 0 saturated heterocycles. The summed E-state index contributed by atoms with van der Waals surface area (Å²) < 4.78 is 0. The highest BCUT2D eigenvalue weighted by molar-refractivity contribution is 5.87. The molecule has 0 spiro atoms. The first-order valence-electron chi connectivity index (χ1n) is 5.43. The zero-order valence-electron chi connectivity index (χ0n) is 10.1. The monoisotopic (exact) mass is 231 g/mol. The van der Waals surface area contributed by atoms with Gasteiger partial charge >= 0.3 is 6.03 Å². The maximum Gasteiger partial charge on any atom is 0.316 e. The molecule has 17 heavy (non-hydrogen) atoms. The van der Waals surface area contributed by atoms with Gasteiger partial charge in [-0.3, -0.25) is 5.32 Å². The number of rotatable bonds is 4. The van der Waals surface area contributed by atoms with Crippen molar-refractivity contribution in [1.29, 1.82) is 0 Å². The maximum absolute atomic E-state index is 10.6. The van der Waals surface area contributed by atoms with E-state index in [-0.39, 0.29) is 6.04 Å². The van der Waals surface area contributed by atoms with Crippen molar-refractivity contribution in [3.05, 3.63) is 29.8 Å². The molecule has 1 aromatic carbocycles. The Balaban J connectivity index is 2.59. The fourth-order valence-corrected chi connectivity index (χ4v) is 1.41. The van der Waals surface area contributed by atoms with Crippen molar-refractivity contribution in [3.63, 3.8) is 0 Å². The molecule has 0 aliphatic carbocycles. The van der Waals surface area contributed by atoms with E-state index in [2.05, 4.69) is 29.4 Å². The van der Waals surface area contributed by atoms with Crippen molar-refractivity contribution in [2.24, 2.45) is 5.73 Å². The number of primary amides is 1. The summed E-state index contributed by atoms with van der Waals surface area (Å²) in [6.45, 7) is 4.55. The smallest absolute Gasteiger partial charge is 0.316 e. The first-order chi connectivity index (χ1) is 8.13. The van der Waals surface area contributed by atoms with Crippen LogP contribution in [0.15, 0.2) is 24.3 Å². The molecule has 4 heteroatoms. The van der Waals surface area contributed by atoms with E-state index in [1.807, 2.05) is 31.2 Å². The van der Waals surface area contributed by atoms with Gasteiger partial charge in [0.25, 0.3) is 0 Å². The van der Waals surface area contributed by atoms with Crippen LogP contribution in [0.2, 0.25) is 0 Å². The van der Waals surface area contributed by atoms with Gasteiger partial charge in [-0.1, -0.05) is 18.1 Å². The van der Waals surface area contributed by atoms with E-state index < -0.39 is 6.03 Å². The average molecular weight is 231 g/mol. The van der Waals surface area contributed by atoms with Crippen LogP contribution >= 0.6 is 0 Å². The molecule has 0 heterocycles. The molecule has 1 rings (SSSR count). The highest BCUT2D eigenvalue weighted by atomic mass is 16.2. The van der Waals surface area contributed by atoms with E-state index in [1.54, 1.807) is 0 Å². The lowest BCUT2D eigenvalue weighted by Gasteiger charge is -2.12. The lowest BCUT2D eigenvalue weighted by molar-refractivity contribution is 0.259. The van der Waals surface area contributed by atoms with E-state index in [4.69, 9.17) is 5.73 Å². The highest BCUT2D eigenvalue weighted by Crippen LogP contribution is 2.15. The summed E-state index contributed by atoms with van der Waals surface area (Å²) in [6, 6.07) is 7.21. The molecule has 0 radical (unpaired) electrons. The first-order valence-corrected chi connectivity index (χ1v) is 5.43. The number of carbonyl (C=O) groups is 1. The molecule has 0 saturated carbocycles. The Kier molecular flexibility index (Phi) is 5.05. The third-order valence-corrected chi connectivity index (χ3v) is 2.35. The van der Waals surface area contributed by atoms with Crippen LogP contribution in [0, 0.1) is 11.8 Å². The summed E-state index contributed by atoms with van der Waals surface area (Å²) in [4.78, 5) is 10.6. The number of nitrogens with one attached hydrogen (secondary N) is 2. The molecular weight excluding hydrogens is 214 g/mol. The van der Waals surface area contributed by atoms with E-state index in [0.717, 1.165) is 5.56 Å². The Morgan fingerprint density at radius 3 is 2.59 bits per heavy atom. The summed E-state index contributed by atoms with van der Waals surface area (Å²) in [6.07, 6.45) is 0. The Labute approximate surface area is 102 Å². The van der Waals surface area contributed by atoms with Gasteiger partial charge in [-0.15, -0.1) is 5.92 Å². The Hall–Kier alpha value is -1.99. The molecule has 1 aromatic rings. The molecule has 0 fully saturated rings. The SMILES string of the molecule is CC#CCNC(C)c1ccc(NC(N)=O)cc1. The van der Waals surface area contributed by atoms with Crippen LogP contribution in [0.5, 0.6) is 0 Å². The topological polar surface area (TPSA) is 67.2 Å². The van der Waals surface area contributed by atoms with Gasteiger partial charge in [0.05, 0.1) is 6.54 Å². The van der Waals surface area contributed by atoms with E-state index in [1.165, 1.54) is 0 Å². The molecule has 0 aliphatic rings. The van der Waals surface area contributed by atoms with Crippen molar-refractivity contribution >= 4 is 11.7 Å².